The van der Waals surface area contributed by atoms with E-state index in [-0.39, 0.29) is 11.7 Å². The highest BCUT2D eigenvalue weighted by Gasteiger charge is 2.19. The fourth-order valence-corrected chi connectivity index (χ4v) is 3.03. The second-order valence-corrected chi connectivity index (χ2v) is 6.70. The van der Waals surface area contributed by atoms with Gasteiger partial charge < -0.3 is 14.8 Å². The first kappa shape index (κ1) is 20.1. The van der Waals surface area contributed by atoms with Crippen LogP contribution in [0.3, 0.4) is 0 Å². The standard InChI is InChI=1S/C24H23NO4/c1-15-9-10-17(13-16(15)2)23(26)19-7-5-6-8-20(19)24(27)25-18-11-12-21(28-3)22(14-18)29-4/h5-14H,1-4H3,(H,25,27). The van der Waals surface area contributed by atoms with Crippen molar-refractivity contribution in [3.8, 4) is 11.5 Å². The van der Waals surface area contributed by atoms with Gasteiger partial charge in [0.05, 0.1) is 19.8 Å². The number of benzene rings is 3. The molecule has 3 aromatic carbocycles. The SMILES string of the molecule is COc1ccc(NC(=O)c2ccccc2C(=O)c2ccc(C)c(C)c2)cc1OC. The number of nitrogens with one attached hydrogen (secondary N) is 1. The summed E-state index contributed by atoms with van der Waals surface area (Å²) in [5.41, 5.74) is 3.91. The summed E-state index contributed by atoms with van der Waals surface area (Å²) in [7, 11) is 3.08. The number of aryl methyl sites for hydroxylation is 2. The summed E-state index contributed by atoms with van der Waals surface area (Å²) in [6.45, 7) is 3.95. The molecule has 5 heteroatoms. The molecule has 5 nitrogen and oxygen atoms in total. The molecule has 29 heavy (non-hydrogen) atoms. The topological polar surface area (TPSA) is 64.6 Å². The molecular formula is C24H23NO4. The van der Waals surface area contributed by atoms with Crippen molar-refractivity contribution in [3.05, 3.63) is 88.5 Å². The maximum absolute atomic E-state index is 13.1. The number of carbonyl (C=O) groups is 2. The summed E-state index contributed by atoms with van der Waals surface area (Å²) >= 11 is 0. The van der Waals surface area contributed by atoms with Crippen molar-refractivity contribution in [1.82, 2.24) is 0 Å². The molecule has 0 aliphatic rings. The summed E-state index contributed by atoms with van der Waals surface area (Å²) in [4.78, 5) is 26.0. The van der Waals surface area contributed by atoms with Gasteiger partial charge in [-0.15, -0.1) is 0 Å². The molecular weight excluding hydrogens is 366 g/mol. The zero-order valence-corrected chi connectivity index (χ0v) is 16.9. The van der Waals surface area contributed by atoms with Gasteiger partial charge in [0.15, 0.2) is 17.3 Å². The molecule has 0 aromatic heterocycles. The van der Waals surface area contributed by atoms with Crippen LogP contribution in [-0.4, -0.2) is 25.9 Å². The molecule has 0 radical (unpaired) electrons. The average molecular weight is 389 g/mol. The Labute approximate surface area is 170 Å². The van der Waals surface area contributed by atoms with Crippen LogP contribution >= 0.6 is 0 Å². The second kappa shape index (κ2) is 8.61. The van der Waals surface area contributed by atoms with Gasteiger partial charge in [-0.1, -0.05) is 30.3 Å². The van der Waals surface area contributed by atoms with Crippen LogP contribution in [-0.2, 0) is 0 Å². The van der Waals surface area contributed by atoms with E-state index in [9.17, 15) is 9.59 Å². The van der Waals surface area contributed by atoms with Gasteiger partial charge in [0.25, 0.3) is 5.91 Å². The van der Waals surface area contributed by atoms with Crippen LogP contribution in [0.5, 0.6) is 11.5 Å². The number of ketones is 1. The van der Waals surface area contributed by atoms with Crippen molar-refractivity contribution in [1.29, 1.82) is 0 Å². The van der Waals surface area contributed by atoms with E-state index in [0.717, 1.165) is 11.1 Å². The van der Waals surface area contributed by atoms with E-state index in [0.29, 0.717) is 33.9 Å². The first-order chi connectivity index (χ1) is 13.9. The molecule has 3 aromatic rings. The Morgan fingerprint density at radius 1 is 0.759 bits per heavy atom. The molecule has 0 unspecified atom stereocenters. The number of hydrogen-bond donors (Lipinski definition) is 1. The Kier molecular flexibility index (Phi) is 5.98. The molecule has 1 amide bonds. The first-order valence-electron chi connectivity index (χ1n) is 9.19. The Morgan fingerprint density at radius 3 is 2.10 bits per heavy atom. The molecule has 0 atom stereocenters. The quantitative estimate of drug-likeness (QED) is 0.615. The van der Waals surface area contributed by atoms with Crippen molar-refractivity contribution in [2.75, 3.05) is 19.5 Å². The highest BCUT2D eigenvalue weighted by Crippen LogP contribution is 2.30. The summed E-state index contributed by atoms with van der Waals surface area (Å²) in [6, 6.07) is 17.4. The molecule has 0 saturated heterocycles. The average Bonchev–Trinajstić information content (AvgIpc) is 2.75. The number of hydrogen-bond acceptors (Lipinski definition) is 4. The molecule has 3 rings (SSSR count). The number of ether oxygens (including phenoxy) is 2. The monoisotopic (exact) mass is 389 g/mol. The molecule has 0 aliphatic carbocycles. The van der Waals surface area contributed by atoms with Gasteiger partial charge in [0.1, 0.15) is 0 Å². The van der Waals surface area contributed by atoms with Crippen molar-refractivity contribution in [3.63, 3.8) is 0 Å². The lowest BCUT2D eigenvalue weighted by Crippen LogP contribution is -2.17. The van der Waals surface area contributed by atoms with Gasteiger partial charge in [-0.05, 0) is 49.2 Å². The fourth-order valence-electron chi connectivity index (χ4n) is 3.03. The van der Waals surface area contributed by atoms with Gasteiger partial charge in [0, 0.05) is 22.9 Å². The van der Waals surface area contributed by atoms with E-state index in [4.69, 9.17) is 9.47 Å². The van der Waals surface area contributed by atoms with Crippen molar-refractivity contribution < 1.29 is 19.1 Å². The molecule has 148 valence electrons. The van der Waals surface area contributed by atoms with E-state index >= 15 is 0 Å². The maximum atomic E-state index is 13.1. The van der Waals surface area contributed by atoms with E-state index in [1.165, 1.54) is 7.11 Å². The molecule has 1 N–H and O–H groups in total. The van der Waals surface area contributed by atoms with Gasteiger partial charge in [-0.2, -0.15) is 0 Å². The fraction of sp³-hybridized carbons (Fsp3) is 0.167. The predicted molar refractivity (Wildman–Crippen MR) is 113 cm³/mol. The Hall–Kier alpha value is -3.60. The molecule has 0 aliphatic heterocycles. The minimum atomic E-state index is -0.370. The Balaban J connectivity index is 1.91. The van der Waals surface area contributed by atoms with Crippen LogP contribution in [0.1, 0.15) is 37.4 Å². The largest absolute Gasteiger partial charge is 0.493 e. The highest BCUT2D eigenvalue weighted by molar-refractivity contribution is 6.17. The summed E-state index contributed by atoms with van der Waals surface area (Å²) in [5.74, 6) is 0.511. The van der Waals surface area contributed by atoms with Crippen molar-refractivity contribution >= 4 is 17.4 Å². The molecule has 0 spiro atoms. The van der Waals surface area contributed by atoms with E-state index in [2.05, 4.69) is 5.32 Å². The lowest BCUT2D eigenvalue weighted by atomic mass is 9.95. The molecule has 0 fully saturated rings. The van der Waals surface area contributed by atoms with Crippen LogP contribution in [0.4, 0.5) is 5.69 Å². The zero-order chi connectivity index (χ0) is 21.0. The summed E-state index contributed by atoms with van der Waals surface area (Å²) in [6.07, 6.45) is 0. The number of carbonyl (C=O) groups excluding carboxylic acids is 2. The lowest BCUT2D eigenvalue weighted by Gasteiger charge is -2.12. The number of rotatable bonds is 6. The highest BCUT2D eigenvalue weighted by atomic mass is 16.5. The summed E-state index contributed by atoms with van der Waals surface area (Å²) < 4.78 is 10.5. The maximum Gasteiger partial charge on any atom is 0.256 e. The van der Waals surface area contributed by atoms with Crippen molar-refractivity contribution in [2.45, 2.75) is 13.8 Å². The summed E-state index contributed by atoms with van der Waals surface area (Å²) in [5, 5.41) is 2.82. The first-order valence-corrected chi connectivity index (χ1v) is 9.19. The van der Waals surface area contributed by atoms with Gasteiger partial charge in [-0.3, -0.25) is 9.59 Å². The van der Waals surface area contributed by atoms with Crippen molar-refractivity contribution in [2.24, 2.45) is 0 Å². The minimum absolute atomic E-state index is 0.189. The third kappa shape index (κ3) is 4.29. The van der Waals surface area contributed by atoms with E-state index in [1.807, 2.05) is 26.0 Å². The predicted octanol–water partition coefficient (Wildman–Crippen LogP) is 4.80. The third-order valence-electron chi connectivity index (χ3n) is 4.83. The van der Waals surface area contributed by atoms with Crippen LogP contribution < -0.4 is 14.8 Å². The molecule has 0 heterocycles. The van der Waals surface area contributed by atoms with Crippen LogP contribution in [0.15, 0.2) is 60.7 Å². The van der Waals surface area contributed by atoms with Gasteiger partial charge in [0.2, 0.25) is 0 Å². The molecule has 0 saturated carbocycles. The van der Waals surface area contributed by atoms with Crippen LogP contribution in [0, 0.1) is 13.8 Å². The minimum Gasteiger partial charge on any atom is -0.493 e. The lowest BCUT2D eigenvalue weighted by molar-refractivity contribution is 0.0996. The third-order valence-corrected chi connectivity index (χ3v) is 4.83. The Morgan fingerprint density at radius 2 is 1.45 bits per heavy atom. The Bertz CT molecular complexity index is 1070. The second-order valence-electron chi connectivity index (χ2n) is 6.70. The number of amides is 1. The normalized spacial score (nSPS) is 10.3. The number of anilines is 1. The zero-order valence-electron chi connectivity index (χ0n) is 16.9. The van der Waals surface area contributed by atoms with E-state index < -0.39 is 0 Å². The van der Waals surface area contributed by atoms with Crippen LogP contribution in [0.25, 0.3) is 0 Å². The van der Waals surface area contributed by atoms with E-state index in [1.54, 1.807) is 55.6 Å². The van der Waals surface area contributed by atoms with Crippen LogP contribution in [0.2, 0.25) is 0 Å². The molecule has 0 bridgehead atoms. The van der Waals surface area contributed by atoms with Gasteiger partial charge >= 0.3 is 0 Å². The smallest absolute Gasteiger partial charge is 0.256 e. The van der Waals surface area contributed by atoms with Gasteiger partial charge in [-0.25, -0.2) is 0 Å². The number of methoxy groups -OCH3 is 2.